The first-order valence-electron chi connectivity index (χ1n) is 17.4. The van der Waals surface area contributed by atoms with E-state index in [1.54, 1.807) is 0 Å². The molecule has 3 heterocycles. The van der Waals surface area contributed by atoms with Crippen LogP contribution in [-0.4, -0.2) is 9.13 Å². The molecule has 0 amide bonds. The highest BCUT2D eigenvalue weighted by Crippen LogP contribution is 2.40. The lowest BCUT2D eigenvalue weighted by atomic mass is 9.97. The van der Waals surface area contributed by atoms with E-state index in [1.807, 2.05) is 11.3 Å². The number of benzene rings is 8. The van der Waals surface area contributed by atoms with Crippen LogP contribution in [0.3, 0.4) is 0 Å². The average molecular weight is 667 g/mol. The van der Waals surface area contributed by atoms with Crippen LogP contribution in [0.15, 0.2) is 182 Å². The van der Waals surface area contributed by atoms with Crippen LogP contribution in [0.5, 0.6) is 0 Å². The molecule has 0 saturated heterocycles. The van der Waals surface area contributed by atoms with Crippen molar-refractivity contribution in [1.82, 2.24) is 9.13 Å². The highest BCUT2D eigenvalue weighted by molar-refractivity contribution is 7.25. The number of hydrogen-bond acceptors (Lipinski definition) is 1. The van der Waals surface area contributed by atoms with Gasteiger partial charge in [0.15, 0.2) is 0 Å². The van der Waals surface area contributed by atoms with Gasteiger partial charge in [-0.1, -0.05) is 103 Å². The summed E-state index contributed by atoms with van der Waals surface area (Å²) < 4.78 is 7.45. The Hall–Kier alpha value is -6.42. The van der Waals surface area contributed by atoms with E-state index in [9.17, 15) is 0 Å². The van der Waals surface area contributed by atoms with Gasteiger partial charge in [-0.05, 0) is 101 Å². The molecular weight excluding hydrogens is 637 g/mol. The predicted octanol–water partition coefficient (Wildman–Crippen LogP) is 13.6. The van der Waals surface area contributed by atoms with Gasteiger partial charge in [-0.25, -0.2) is 0 Å². The van der Waals surface area contributed by atoms with Crippen LogP contribution >= 0.6 is 11.3 Å². The molecule has 8 aromatic carbocycles. The third-order valence-corrected chi connectivity index (χ3v) is 11.7. The number of hydrogen-bond donors (Lipinski definition) is 0. The molecular formula is C48H30N2S. The van der Waals surface area contributed by atoms with Crippen LogP contribution < -0.4 is 0 Å². The fourth-order valence-corrected chi connectivity index (χ4v) is 9.26. The Morgan fingerprint density at radius 1 is 0.275 bits per heavy atom. The van der Waals surface area contributed by atoms with Crippen molar-refractivity contribution in [3.8, 4) is 33.6 Å². The van der Waals surface area contributed by atoms with E-state index >= 15 is 0 Å². The molecule has 238 valence electrons. The van der Waals surface area contributed by atoms with E-state index in [0.717, 1.165) is 0 Å². The van der Waals surface area contributed by atoms with E-state index in [1.165, 1.54) is 97.4 Å². The van der Waals surface area contributed by atoms with Gasteiger partial charge in [0.2, 0.25) is 0 Å². The quantitative estimate of drug-likeness (QED) is 0.177. The second kappa shape index (κ2) is 11.0. The summed E-state index contributed by atoms with van der Waals surface area (Å²) in [6, 6.07) is 66.7. The Morgan fingerprint density at radius 3 is 1.45 bits per heavy atom. The fourth-order valence-electron chi connectivity index (χ4n) is 8.17. The molecule has 0 radical (unpaired) electrons. The lowest BCUT2D eigenvalue weighted by Gasteiger charge is -2.10. The molecule has 2 nitrogen and oxygen atoms in total. The third kappa shape index (κ3) is 4.35. The highest BCUT2D eigenvalue weighted by Gasteiger charge is 2.16. The van der Waals surface area contributed by atoms with Crippen molar-refractivity contribution in [3.05, 3.63) is 182 Å². The summed E-state index contributed by atoms with van der Waals surface area (Å²) in [4.78, 5) is 0. The van der Waals surface area contributed by atoms with Gasteiger partial charge < -0.3 is 9.13 Å². The topological polar surface area (TPSA) is 9.86 Å². The van der Waals surface area contributed by atoms with Crippen molar-refractivity contribution in [1.29, 1.82) is 0 Å². The lowest BCUT2D eigenvalue weighted by Crippen LogP contribution is -1.93. The molecule has 0 aliphatic rings. The number of para-hydroxylation sites is 3. The number of rotatable bonds is 4. The monoisotopic (exact) mass is 666 g/mol. The number of thiophene rings is 1. The lowest BCUT2D eigenvalue weighted by molar-refractivity contribution is 1.18. The van der Waals surface area contributed by atoms with Crippen molar-refractivity contribution in [2.24, 2.45) is 0 Å². The fraction of sp³-hybridized carbons (Fsp3) is 0. The van der Waals surface area contributed by atoms with Gasteiger partial charge in [0, 0.05) is 53.1 Å². The second-order valence-corrected chi connectivity index (χ2v) is 14.4. The van der Waals surface area contributed by atoms with Gasteiger partial charge in [-0.2, -0.15) is 0 Å². The van der Waals surface area contributed by atoms with Crippen LogP contribution in [0.4, 0.5) is 0 Å². The first-order valence-corrected chi connectivity index (χ1v) is 18.2. The Bertz CT molecular complexity index is 3140. The van der Waals surface area contributed by atoms with Gasteiger partial charge in [0.1, 0.15) is 0 Å². The summed E-state index contributed by atoms with van der Waals surface area (Å²) in [5.74, 6) is 0. The standard InChI is InChI=1S/C48H30N2S/c1-2-13-35(14-3-1)49-43-18-7-4-15-37(43)40-28-33(21-24-45(40)49)31-11-10-12-32(27-31)34-22-25-46-41(29-34)38-16-5-8-19-44(38)50(46)36-23-26-48-42(30-36)39-17-6-9-20-47(39)51-48/h1-30H. The minimum Gasteiger partial charge on any atom is -0.309 e. The second-order valence-electron chi connectivity index (χ2n) is 13.4. The van der Waals surface area contributed by atoms with E-state index in [2.05, 4.69) is 191 Å². The number of aromatic nitrogens is 2. The molecule has 11 aromatic rings. The zero-order chi connectivity index (χ0) is 33.5. The smallest absolute Gasteiger partial charge is 0.0541 e. The van der Waals surface area contributed by atoms with Gasteiger partial charge >= 0.3 is 0 Å². The molecule has 0 fully saturated rings. The first kappa shape index (κ1) is 28.4. The van der Waals surface area contributed by atoms with Crippen LogP contribution in [0.25, 0.3) is 97.4 Å². The molecule has 51 heavy (non-hydrogen) atoms. The number of nitrogens with zero attached hydrogens (tertiary/aromatic N) is 2. The predicted molar refractivity (Wildman–Crippen MR) is 219 cm³/mol. The van der Waals surface area contributed by atoms with Crippen LogP contribution in [0.2, 0.25) is 0 Å². The first-order chi connectivity index (χ1) is 25.3. The van der Waals surface area contributed by atoms with Crippen molar-refractivity contribution >= 4 is 75.1 Å². The van der Waals surface area contributed by atoms with Crippen molar-refractivity contribution < 1.29 is 0 Å². The van der Waals surface area contributed by atoms with E-state index in [-0.39, 0.29) is 0 Å². The molecule has 0 N–H and O–H groups in total. The van der Waals surface area contributed by atoms with E-state index in [0.29, 0.717) is 0 Å². The molecule has 0 atom stereocenters. The molecule has 0 aliphatic carbocycles. The third-order valence-electron chi connectivity index (χ3n) is 10.5. The Labute approximate surface area is 298 Å². The molecule has 0 aliphatic heterocycles. The molecule has 0 bridgehead atoms. The zero-order valence-corrected chi connectivity index (χ0v) is 28.4. The molecule has 0 spiro atoms. The Balaban J connectivity index is 1.04. The summed E-state index contributed by atoms with van der Waals surface area (Å²) >= 11 is 1.86. The summed E-state index contributed by atoms with van der Waals surface area (Å²) in [6.07, 6.45) is 0. The Morgan fingerprint density at radius 2 is 0.784 bits per heavy atom. The number of fused-ring (bicyclic) bond motifs is 9. The zero-order valence-electron chi connectivity index (χ0n) is 27.6. The molecule has 3 heteroatoms. The minimum absolute atomic E-state index is 1.18. The van der Waals surface area contributed by atoms with Crippen molar-refractivity contribution in [3.63, 3.8) is 0 Å². The van der Waals surface area contributed by atoms with E-state index in [4.69, 9.17) is 0 Å². The van der Waals surface area contributed by atoms with E-state index < -0.39 is 0 Å². The highest BCUT2D eigenvalue weighted by atomic mass is 32.1. The maximum atomic E-state index is 2.43. The molecule has 11 rings (SSSR count). The summed E-state index contributed by atoms with van der Waals surface area (Å²) in [6.45, 7) is 0. The van der Waals surface area contributed by atoms with Gasteiger partial charge in [-0.15, -0.1) is 11.3 Å². The van der Waals surface area contributed by atoms with Crippen LogP contribution in [-0.2, 0) is 0 Å². The van der Waals surface area contributed by atoms with Crippen molar-refractivity contribution in [2.75, 3.05) is 0 Å². The minimum atomic E-state index is 1.18. The normalized spacial score (nSPS) is 11.9. The van der Waals surface area contributed by atoms with Gasteiger partial charge in [0.05, 0.1) is 22.1 Å². The van der Waals surface area contributed by atoms with Crippen molar-refractivity contribution in [2.45, 2.75) is 0 Å². The van der Waals surface area contributed by atoms with Gasteiger partial charge in [0.25, 0.3) is 0 Å². The molecule has 3 aromatic heterocycles. The summed E-state index contributed by atoms with van der Waals surface area (Å²) in [5.41, 5.74) is 12.1. The molecule has 0 saturated carbocycles. The maximum absolute atomic E-state index is 2.43. The SMILES string of the molecule is c1ccc(-n2c3ccccc3c3cc(-c4cccc(-c5ccc6c(c5)c5ccccc5n6-c5ccc6sc7ccccc7c6c5)c4)ccc32)cc1. The van der Waals surface area contributed by atoms with Gasteiger partial charge in [-0.3, -0.25) is 0 Å². The summed E-state index contributed by atoms with van der Waals surface area (Å²) in [7, 11) is 0. The summed E-state index contributed by atoms with van der Waals surface area (Å²) in [5, 5.41) is 7.70. The largest absolute Gasteiger partial charge is 0.309 e. The van der Waals surface area contributed by atoms with Crippen LogP contribution in [0.1, 0.15) is 0 Å². The van der Waals surface area contributed by atoms with Crippen LogP contribution in [0, 0.1) is 0 Å². The molecule has 0 unspecified atom stereocenters. The Kier molecular flexibility index (Phi) is 6.16. The average Bonchev–Trinajstić information content (AvgIpc) is 3.85. The maximum Gasteiger partial charge on any atom is 0.0541 e.